The molecule has 7 heteroatoms. The third-order valence-corrected chi connectivity index (χ3v) is 3.90. The van der Waals surface area contributed by atoms with Gasteiger partial charge in [0, 0.05) is 25.2 Å². The van der Waals surface area contributed by atoms with E-state index in [0.717, 1.165) is 5.56 Å². The van der Waals surface area contributed by atoms with Gasteiger partial charge in [0.1, 0.15) is 0 Å². The number of amides is 1. The largest absolute Gasteiger partial charge is 0.449 e. The molecule has 26 heavy (non-hydrogen) atoms. The fraction of sp³-hybridized carbons (Fsp3) is 0.263. The van der Waals surface area contributed by atoms with Gasteiger partial charge in [0.2, 0.25) is 0 Å². The van der Waals surface area contributed by atoms with E-state index in [1.165, 1.54) is 36.9 Å². The van der Waals surface area contributed by atoms with Gasteiger partial charge in [-0.3, -0.25) is 14.9 Å². The van der Waals surface area contributed by atoms with Crippen molar-refractivity contribution >= 4 is 17.6 Å². The number of carbonyl (C=O) groups is 2. The van der Waals surface area contributed by atoms with Crippen LogP contribution in [0.4, 0.5) is 5.69 Å². The lowest BCUT2D eigenvalue weighted by Gasteiger charge is -2.21. The van der Waals surface area contributed by atoms with Crippen LogP contribution in [0.15, 0.2) is 48.5 Å². The maximum Gasteiger partial charge on any atom is 0.338 e. The van der Waals surface area contributed by atoms with Gasteiger partial charge < -0.3 is 9.64 Å². The number of benzene rings is 2. The second kappa shape index (κ2) is 8.24. The smallest absolute Gasteiger partial charge is 0.338 e. The van der Waals surface area contributed by atoms with Crippen molar-refractivity contribution in [3.8, 4) is 0 Å². The minimum Gasteiger partial charge on any atom is -0.449 e. The van der Waals surface area contributed by atoms with Crippen molar-refractivity contribution in [1.29, 1.82) is 0 Å². The summed E-state index contributed by atoms with van der Waals surface area (Å²) < 4.78 is 5.21. The summed E-state index contributed by atoms with van der Waals surface area (Å²) in [4.78, 5) is 36.4. The Hall–Kier alpha value is -3.22. The van der Waals surface area contributed by atoms with E-state index in [0.29, 0.717) is 12.1 Å². The molecule has 2 aromatic carbocycles. The molecular formula is C19H20N2O5. The van der Waals surface area contributed by atoms with Crippen LogP contribution in [0.2, 0.25) is 0 Å². The van der Waals surface area contributed by atoms with Gasteiger partial charge in [0.05, 0.1) is 10.5 Å². The topological polar surface area (TPSA) is 89.8 Å². The number of likely N-dealkylation sites (N-methyl/N-ethyl adjacent to an activating group) is 1. The lowest BCUT2D eigenvalue weighted by molar-refractivity contribution is -0.385. The molecule has 0 aliphatic carbocycles. The summed E-state index contributed by atoms with van der Waals surface area (Å²) in [7, 11) is 1.63. The van der Waals surface area contributed by atoms with E-state index in [1.54, 1.807) is 7.05 Å². The molecule has 0 fully saturated rings. The Morgan fingerprint density at radius 2 is 1.85 bits per heavy atom. The first-order valence-corrected chi connectivity index (χ1v) is 8.04. The highest BCUT2D eigenvalue weighted by Crippen LogP contribution is 2.19. The summed E-state index contributed by atoms with van der Waals surface area (Å²) in [5.74, 6) is -1.03. The second-order valence-electron chi connectivity index (χ2n) is 5.99. The Morgan fingerprint density at radius 3 is 2.42 bits per heavy atom. The highest BCUT2D eigenvalue weighted by Gasteiger charge is 2.23. The van der Waals surface area contributed by atoms with Crippen molar-refractivity contribution in [3.05, 3.63) is 75.3 Å². The molecule has 0 heterocycles. The maximum atomic E-state index is 12.4. The van der Waals surface area contributed by atoms with Crippen molar-refractivity contribution in [2.45, 2.75) is 26.5 Å². The van der Waals surface area contributed by atoms with E-state index >= 15 is 0 Å². The van der Waals surface area contributed by atoms with E-state index in [-0.39, 0.29) is 17.2 Å². The normalized spacial score (nSPS) is 11.5. The number of hydrogen-bond donors (Lipinski definition) is 0. The molecule has 0 aliphatic rings. The van der Waals surface area contributed by atoms with Crippen LogP contribution in [0, 0.1) is 17.0 Å². The van der Waals surface area contributed by atoms with Crippen LogP contribution >= 0.6 is 0 Å². The van der Waals surface area contributed by atoms with E-state index in [1.807, 2.05) is 30.3 Å². The van der Waals surface area contributed by atoms with Crippen molar-refractivity contribution in [2.75, 3.05) is 7.05 Å². The predicted molar refractivity (Wildman–Crippen MR) is 95.6 cm³/mol. The maximum absolute atomic E-state index is 12.4. The molecule has 0 spiro atoms. The SMILES string of the molecule is Cc1cc(C(=O)O[C@H](C)C(=O)N(C)Cc2ccccc2)ccc1[N+](=O)[O-]. The van der Waals surface area contributed by atoms with E-state index in [4.69, 9.17) is 4.74 Å². The molecule has 0 aliphatic heterocycles. The van der Waals surface area contributed by atoms with Gasteiger partial charge in [0.25, 0.3) is 11.6 Å². The first-order chi connectivity index (χ1) is 12.3. The number of ether oxygens (including phenoxy) is 1. The minimum atomic E-state index is -0.966. The fourth-order valence-corrected chi connectivity index (χ4v) is 2.51. The number of aryl methyl sites for hydroxylation is 1. The van der Waals surface area contributed by atoms with E-state index in [2.05, 4.69) is 0 Å². The Balaban J connectivity index is 2.00. The average Bonchev–Trinajstić information content (AvgIpc) is 2.61. The first-order valence-electron chi connectivity index (χ1n) is 8.04. The molecule has 7 nitrogen and oxygen atoms in total. The van der Waals surface area contributed by atoms with Gasteiger partial charge in [-0.05, 0) is 31.5 Å². The molecule has 0 bridgehead atoms. The number of esters is 1. The number of hydrogen-bond acceptors (Lipinski definition) is 5. The highest BCUT2D eigenvalue weighted by atomic mass is 16.6. The number of rotatable bonds is 6. The lowest BCUT2D eigenvalue weighted by atomic mass is 10.1. The standard InChI is InChI=1S/C19H20N2O5/c1-13-11-16(9-10-17(13)21(24)25)19(23)26-14(2)18(22)20(3)12-15-7-5-4-6-8-15/h4-11,14H,12H2,1-3H3/t14-/m1/s1. The monoisotopic (exact) mass is 356 g/mol. The highest BCUT2D eigenvalue weighted by molar-refractivity contribution is 5.92. The van der Waals surface area contributed by atoms with Crippen LogP contribution in [0.5, 0.6) is 0 Å². The van der Waals surface area contributed by atoms with Crippen LogP contribution in [0.3, 0.4) is 0 Å². The first kappa shape index (κ1) is 19.1. The van der Waals surface area contributed by atoms with E-state index in [9.17, 15) is 19.7 Å². The fourth-order valence-electron chi connectivity index (χ4n) is 2.51. The summed E-state index contributed by atoms with van der Waals surface area (Å²) in [6.07, 6.45) is -0.966. The third-order valence-electron chi connectivity index (χ3n) is 3.90. The van der Waals surface area contributed by atoms with Gasteiger partial charge in [-0.1, -0.05) is 30.3 Å². The van der Waals surface area contributed by atoms with Crippen LogP contribution in [0.1, 0.15) is 28.4 Å². The summed E-state index contributed by atoms with van der Waals surface area (Å²) in [5, 5.41) is 10.8. The third kappa shape index (κ3) is 4.66. The summed E-state index contributed by atoms with van der Waals surface area (Å²) in [5.41, 5.74) is 1.41. The molecule has 1 atom stereocenters. The van der Waals surface area contributed by atoms with E-state index < -0.39 is 17.0 Å². The Bertz CT molecular complexity index is 820. The van der Waals surface area contributed by atoms with Crippen LogP contribution < -0.4 is 0 Å². The van der Waals surface area contributed by atoms with Crippen molar-refractivity contribution in [2.24, 2.45) is 0 Å². The Labute approximate surface area is 151 Å². The zero-order valence-corrected chi connectivity index (χ0v) is 14.8. The molecule has 0 N–H and O–H groups in total. The molecule has 0 unspecified atom stereocenters. The Morgan fingerprint density at radius 1 is 1.19 bits per heavy atom. The van der Waals surface area contributed by atoms with Crippen molar-refractivity contribution in [3.63, 3.8) is 0 Å². The molecule has 0 radical (unpaired) electrons. The number of carbonyl (C=O) groups excluding carboxylic acids is 2. The zero-order chi connectivity index (χ0) is 19.3. The minimum absolute atomic E-state index is 0.0757. The van der Waals surface area contributed by atoms with Crippen molar-refractivity contribution < 1.29 is 19.2 Å². The molecule has 2 rings (SSSR count). The summed E-state index contributed by atoms with van der Waals surface area (Å²) in [6.45, 7) is 3.44. The Kier molecular flexibility index (Phi) is 6.06. The summed E-state index contributed by atoms with van der Waals surface area (Å²) >= 11 is 0. The molecule has 2 aromatic rings. The average molecular weight is 356 g/mol. The molecule has 136 valence electrons. The molecule has 1 amide bonds. The van der Waals surface area contributed by atoms with Gasteiger partial charge in [-0.15, -0.1) is 0 Å². The summed E-state index contributed by atoms with van der Waals surface area (Å²) in [6, 6.07) is 13.4. The van der Waals surface area contributed by atoms with Gasteiger partial charge in [0.15, 0.2) is 6.10 Å². The molecule has 0 aromatic heterocycles. The number of nitrogens with zero attached hydrogens (tertiary/aromatic N) is 2. The van der Waals surface area contributed by atoms with Gasteiger partial charge in [-0.2, -0.15) is 0 Å². The number of nitro groups is 1. The van der Waals surface area contributed by atoms with Crippen LogP contribution in [-0.2, 0) is 16.1 Å². The van der Waals surface area contributed by atoms with Gasteiger partial charge >= 0.3 is 5.97 Å². The quantitative estimate of drug-likeness (QED) is 0.451. The van der Waals surface area contributed by atoms with Crippen LogP contribution in [-0.4, -0.2) is 34.9 Å². The van der Waals surface area contributed by atoms with Crippen LogP contribution in [0.25, 0.3) is 0 Å². The second-order valence-corrected chi connectivity index (χ2v) is 5.99. The lowest BCUT2D eigenvalue weighted by Crippen LogP contribution is -2.37. The zero-order valence-electron chi connectivity index (χ0n) is 14.8. The predicted octanol–water partition coefficient (Wildman–Crippen LogP) is 3.11. The molecule has 0 saturated carbocycles. The number of nitro benzene ring substituents is 1. The molecule has 0 saturated heterocycles. The van der Waals surface area contributed by atoms with Gasteiger partial charge in [-0.25, -0.2) is 4.79 Å². The molecular weight excluding hydrogens is 336 g/mol. The van der Waals surface area contributed by atoms with Crippen molar-refractivity contribution in [1.82, 2.24) is 4.90 Å².